The zero-order chi connectivity index (χ0) is 27.0. The van der Waals surface area contributed by atoms with Gasteiger partial charge in [0, 0.05) is 13.0 Å². The lowest BCUT2D eigenvalue weighted by molar-refractivity contribution is -0.136. The largest absolute Gasteiger partial charge is 0.490 e. The number of hydrogen-bond donors (Lipinski definition) is 2. The van der Waals surface area contributed by atoms with E-state index in [1.54, 1.807) is 12.1 Å². The highest BCUT2D eigenvalue weighted by atomic mass is 16.5. The predicted octanol–water partition coefficient (Wildman–Crippen LogP) is 0.431. The molecular weight excluding hydrogens is 486 g/mol. The molecule has 1 saturated heterocycles. The molecule has 12 heteroatoms. The van der Waals surface area contributed by atoms with Crippen molar-refractivity contribution in [3.63, 3.8) is 0 Å². The molecule has 12 nitrogen and oxygen atoms in total. The lowest BCUT2D eigenvalue weighted by Gasteiger charge is -2.27. The van der Waals surface area contributed by atoms with E-state index in [2.05, 4.69) is 10.6 Å². The summed E-state index contributed by atoms with van der Waals surface area (Å²) in [6, 6.07) is 3.63. The summed E-state index contributed by atoms with van der Waals surface area (Å²) in [7, 11) is 0. The predicted molar refractivity (Wildman–Crippen MR) is 129 cm³/mol. The molecule has 5 amide bonds. The van der Waals surface area contributed by atoms with E-state index in [0.717, 1.165) is 4.90 Å². The molecule has 1 atom stereocenters. The second kappa shape index (κ2) is 12.7. The number of imide groups is 2. The summed E-state index contributed by atoms with van der Waals surface area (Å²) >= 11 is 0. The Balaban J connectivity index is 1.35. The Labute approximate surface area is 214 Å². The molecule has 202 valence electrons. The Bertz CT molecular complexity index is 1030. The maximum absolute atomic E-state index is 13.0. The minimum absolute atomic E-state index is 0.00799. The highest BCUT2D eigenvalue weighted by Gasteiger charge is 2.45. The minimum Gasteiger partial charge on any atom is -0.490 e. The Morgan fingerprint density at radius 1 is 1.03 bits per heavy atom. The van der Waals surface area contributed by atoms with Gasteiger partial charge >= 0.3 is 0 Å². The van der Waals surface area contributed by atoms with Gasteiger partial charge in [-0.2, -0.15) is 0 Å². The highest BCUT2D eigenvalue weighted by molar-refractivity contribution is 6.24. The van der Waals surface area contributed by atoms with E-state index in [0.29, 0.717) is 26.4 Å². The van der Waals surface area contributed by atoms with Crippen molar-refractivity contribution in [1.82, 2.24) is 15.5 Å². The molecule has 0 aliphatic carbocycles. The molecule has 3 rings (SSSR count). The van der Waals surface area contributed by atoms with E-state index in [4.69, 9.17) is 18.9 Å². The van der Waals surface area contributed by atoms with Crippen LogP contribution in [0, 0.1) is 0 Å². The number of carbonyl (C=O) groups excluding carboxylic acids is 5. The molecule has 2 aliphatic heterocycles. The lowest BCUT2D eigenvalue weighted by atomic mass is 10.0. The van der Waals surface area contributed by atoms with Crippen LogP contribution in [0.2, 0.25) is 0 Å². The van der Waals surface area contributed by atoms with Crippen LogP contribution in [0.25, 0.3) is 0 Å². The van der Waals surface area contributed by atoms with Crippen LogP contribution in [0.4, 0.5) is 0 Å². The number of hydrogen-bond acceptors (Lipinski definition) is 9. The summed E-state index contributed by atoms with van der Waals surface area (Å²) in [5.74, 6) is -2.30. The second-order valence-corrected chi connectivity index (χ2v) is 9.45. The van der Waals surface area contributed by atoms with Gasteiger partial charge in [-0.1, -0.05) is 6.07 Å². The van der Waals surface area contributed by atoms with Crippen molar-refractivity contribution in [3.05, 3.63) is 29.3 Å². The van der Waals surface area contributed by atoms with Gasteiger partial charge in [0.15, 0.2) is 0 Å². The number of ether oxygens (including phenoxy) is 4. The number of piperidine rings is 1. The summed E-state index contributed by atoms with van der Waals surface area (Å²) < 4.78 is 21.9. The van der Waals surface area contributed by atoms with Gasteiger partial charge in [-0.3, -0.25) is 34.2 Å². The Morgan fingerprint density at radius 3 is 2.43 bits per heavy atom. The molecule has 0 bridgehead atoms. The van der Waals surface area contributed by atoms with Crippen molar-refractivity contribution in [2.24, 2.45) is 0 Å². The molecule has 0 radical (unpaired) electrons. The first kappa shape index (κ1) is 28.2. The molecule has 1 fully saturated rings. The summed E-state index contributed by atoms with van der Waals surface area (Å²) in [5, 5.41) is 4.87. The van der Waals surface area contributed by atoms with E-state index in [9.17, 15) is 24.0 Å². The van der Waals surface area contributed by atoms with Gasteiger partial charge in [0.2, 0.25) is 17.7 Å². The van der Waals surface area contributed by atoms with E-state index < -0.39 is 29.7 Å². The summed E-state index contributed by atoms with van der Waals surface area (Å²) in [5.41, 5.74) is -0.132. The smallest absolute Gasteiger partial charge is 0.266 e. The summed E-state index contributed by atoms with van der Waals surface area (Å²) in [6.07, 6.45) is 0.134. The Hall–Kier alpha value is -3.35. The van der Waals surface area contributed by atoms with Crippen LogP contribution in [0.15, 0.2) is 18.2 Å². The zero-order valence-electron chi connectivity index (χ0n) is 21.3. The Kier molecular flexibility index (Phi) is 9.73. The fourth-order valence-corrected chi connectivity index (χ4v) is 3.73. The van der Waals surface area contributed by atoms with E-state index >= 15 is 0 Å². The number of benzene rings is 1. The SMILES string of the molecule is CC(C)(C)OCC(=O)NCCOCCOCCOc1cccc2c1C(=O)N(C1CCC(=O)NC1=O)C2=O. The first-order valence-electron chi connectivity index (χ1n) is 12.1. The van der Waals surface area contributed by atoms with Crippen LogP contribution >= 0.6 is 0 Å². The molecule has 2 N–H and O–H groups in total. The fraction of sp³-hybridized carbons (Fsp3) is 0.560. The van der Waals surface area contributed by atoms with Gasteiger partial charge in [-0.25, -0.2) is 0 Å². The van der Waals surface area contributed by atoms with Gasteiger partial charge in [0.05, 0.1) is 43.2 Å². The number of amides is 5. The van der Waals surface area contributed by atoms with Crippen LogP contribution in [0.5, 0.6) is 5.75 Å². The maximum atomic E-state index is 13.0. The van der Waals surface area contributed by atoms with Crippen LogP contribution in [0.3, 0.4) is 0 Å². The fourth-order valence-electron chi connectivity index (χ4n) is 3.73. The zero-order valence-corrected chi connectivity index (χ0v) is 21.3. The van der Waals surface area contributed by atoms with Gasteiger partial charge in [-0.15, -0.1) is 0 Å². The first-order valence-corrected chi connectivity index (χ1v) is 12.1. The van der Waals surface area contributed by atoms with Gasteiger partial charge in [0.1, 0.15) is 25.0 Å². The van der Waals surface area contributed by atoms with E-state index in [1.165, 1.54) is 6.07 Å². The van der Waals surface area contributed by atoms with Crippen molar-refractivity contribution >= 4 is 29.5 Å². The minimum atomic E-state index is -1.04. The van der Waals surface area contributed by atoms with Gasteiger partial charge in [0.25, 0.3) is 11.8 Å². The van der Waals surface area contributed by atoms with Crippen molar-refractivity contribution in [2.45, 2.75) is 45.3 Å². The molecule has 1 aromatic carbocycles. The monoisotopic (exact) mass is 519 g/mol. The van der Waals surface area contributed by atoms with Crippen molar-refractivity contribution in [2.75, 3.05) is 46.2 Å². The first-order chi connectivity index (χ1) is 17.6. The molecule has 0 aromatic heterocycles. The summed E-state index contributed by atoms with van der Waals surface area (Å²) in [4.78, 5) is 62.0. The molecule has 1 aromatic rings. The molecule has 0 saturated carbocycles. The normalized spacial score (nSPS) is 17.6. The Morgan fingerprint density at radius 2 is 1.73 bits per heavy atom. The van der Waals surface area contributed by atoms with E-state index in [1.807, 2.05) is 20.8 Å². The third-order valence-electron chi connectivity index (χ3n) is 5.49. The van der Waals surface area contributed by atoms with Crippen LogP contribution in [0.1, 0.15) is 54.3 Å². The van der Waals surface area contributed by atoms with Crippen LogP contribution in [-0.2, 0) is 28.6 Å². The summed E-state index contributed by atoms with van der Waals surface area (Å²) in [6.45, 7) is 7.27. The van der Waals surface area contributed by atoms with Gasteiger partial charge < -0.3 is 24.3 Å². The molecule has 2 heterocycles. The number of rotatable bonds is 13. The molecule has 1 unspecified atom stereocenters. The second-order valence-electron chi connectivity index (χ2n) is 9.45. The quantitative estimate of drug-likeness (QED) is 0.279. The van der Waals surface area contributed by atoms with E-state index in [-0.39, 0.29) is 61.0 Å². The average molecular weight is 520 g/mol. The van der Waals surface area contributed by atoms with Crippen LogP contribution in [-0.4, -0.2) is 92.3 Å². The standard InChI is InChI=1S/C25H33N3O9/c1-25(2,3)37-15-20(30)26-9-10-34-11-12-35-13-14-36-18-6-4-5-16-21(18)24(33)28(23(16)32)17-7-8-19(29)27-22(17)31/h4-6,17H,7-15H2,1-3H3,(H,26,30)(H,27,29,31). The van der Waals surface area contributed by atoms with Crippen molar-refractivity contribution in [1.29, 1.82) is 0 Å². The maximum Gasteiger partial charge on any atom is 0.266 e. The lowest BCUT2D eigenvalue weighted by Crippen LogP contribution is -2.54. The highest BCUT2D eigenvalue weighted by Crippen LogP contribution is 2.33. The number of nitrogens with zero attached hydrogens (tertiary/aromatic N) is 1. The topological polar surface area (TPSA) is 150 Å². The molecule has 37 heavy (non-hydrogen) atoms. The molecule has 0 spiro atoms. The van der Waals surface area contributed by atoms with Crippen LogP contribution < -0.4 is 15.4 Å². The van der Waals surface area contributed by atoms with Gasteiger partial charge in [-0.05, 0) is 39.3 Å². The molecule has 2 aliphatic rings. The third-order valence-corrected chi connectivity index (χ3v) is 5.49. The average Bonchev–Trinajstić information content (AvgIpc) is 3.09. The molecular formula is C25H33N3O9. The van der Waals surface area contributed by atoms with Crippen molar-refractivity contribution < 1.29 is 42.9 Å². The number of nitrogens with one attached hydrogen (secondary N) is 2. The van der Waals surface area contributed by atoms with Crippen molar-refractivity contribution in [3.8, 4) is 5.75 Å². The number of carbonyl (C=O) groups is 5. The third kappa shape index (κ3) is 7.81. The number of fused-ring (bicyclic) bond motifs is 1.